The molecule has 0 saturated carbocycles. The van der Waals surface area contributed by atoms with Crippen molar-refractivity contribution in [2.45, 2.75) is 39.5 Å². The molecule has 6 nitrogen and oxygen atoms in total. The molecule has 0 N–H and O–H groups in total. The lowest BCUT2D eigenvalue weighted by Crippen LogP contribution is -2.24. The predicted molar refractivity (Wildman–Crippen MR) is 118 cm³/mol. The van der Waals surface area contributed by atoms with E-state index >= 15 is 0 Å². The molecule has 33 heavy (non-hydrogen) atoms. The molecule has 0 aliphatic heterocycles. The number of hydrogen-bond acceptors (Lipinski definition) is 6. The Kier molecular flexibility index (Phi) is 12.1. The van der Waals surface area contributed by atoms with Crippen LogP contribution in [0.1, 0.15) is 31.4 Å². The van der Waals surface area contributed by atoms with E-state index in [2.05, 4.69) is 4.74 Å². The van der Waals surface area contributed by atoms with Gasteiger partial charge in [-0.1, -0.05) is 0 Å². The number of hydrogen-bond donors (Lipinski definition) is 0. The number of carbonyl (C=O) groups excluding carboxylic acids is 1. The average Bonchev–Trinajstić information content (AvgIpc) is 2.77. The van der Waals surface area contributed by atoms with Crippen LogP contribution < -0.4 is 14.2 Å². The molecule has 0 saturated heterocycles. The molecule has 2 rings (SSSR count). The second kappa shape index (κ2) is 14.3. The van der Waals surface area contributed by atoms with Gasteiger partial charge < -0.3 is 23.7 Å². The van der Waals surface area contributed by atoms with Gasteiger partial charge in [-0.15, -0.1) is 0 Å². The second-order valence-corrected chi connectivity index (χ2v) is 6.87. The number of benzene rings is 2. The summed E-state index contributed by atoms with van der Waals surface area (Å²) in [5, 5.41) is 0. The van der Waals surface area contributed by atoms with E-state index < -0.39 is 11.7 Å². The van der Waals surface area contributed by atoms with E-state index in [0.717, 1.165) is 23.4 Å². The quantitative estimate of drug-likeness (QED) is 0.428. The van der Waals surface area contributed by atoms with Crippen LogP contribution >= 0.6 is 0 Å². The molecule has 0 bridgehead atoms. The van der Waals surface area contributed by atoms with Crippen LogP contribution in [-0.2, 0) is 20.4 Å². The van der Waals surface area contributed by atoms with Gasteiger partial charge in [-0.25, -0.2) is 0 Å². The van der Waals surface area contributed by atoms with Crippen LogP contribution in [0.4, 0.5) is 13.2 Å². The number of ether oxygens (including phenoxy) is 5. The fourth-order valence-corrected chi connectivity index (χ4v) is 2.63. The summed E-state index contributed by atoms with van der Waals surface area (Å²) >= 11 is 0. The highest BCUT2D eigenvalue weighted by Crippen LogP contribution is 2.30. The first kappa shape index (κ1) is 28.1. The summed E-state index contributed by atoms with van der Waals surface area (Å²) in [5.74, 6) is 1.64. The van der Waals surface area contributed by atoms with Crippen molar-refractivity contribution in [3.05, 3.63) is 53.6 Å². The zero-order chi connectivity index (χ0) is 24.9. The fourth-order valence-electron chi connectivity index (χ4n) is 2.63. The third-order valence-corrected chi connectivity index (χ3v) is 4.38. The Labute approximate surface area is 192 Å². The standard InChI is InChI=1S/C21H25F3O4.C3H6O2/c1-4-26-19(14-28-18-9-10-20(25-3)15(2)13-18)11-12-27-17-7-5-16(6-8-17)21(22,23)24;1-3(4)5-2/h5-10,13,19H,4,11-12,14H2,1-3H3;1-2H3. The van der Waals surface area contributed by atoms with Gasteiger partial charge in [-0.05, 0) is 61.9 Å². The first-order valence-electron chi connectivity index (χ1n) is 10.3. The van der Waals surface area contributed by atoms with E-state index in [1.165, 1.54) is 26.2 Å². The SMILES string of the molecule is CCOC(CCOc1ccc(C(F)(F)F)cc1)COc1ccc(OC)c(C)c1.COC(C)=O. The number of halogens is 3. The molecule has 1 atom stereocenters. The minimum atomic E-state index is -4.35. The Morgan fingerprint density at radius 2 is 1.61 bits per heavy atom. The molecule has 0 aliphatic carbocycles. The number of methoxy groups -OCH3 is 2. The number of rotatable bonds is 10. The van der Waals surface area contributed by atoms with E-state index in [1.54, 1.807) is 7.11 Å². The molecule has 0 fully saturated rings. The maximum atomic E-state index is 12.6. The van der Waals surface area contributed by atoms with Crippen molar-refractivity contribution in [1.82, 2.24) is 0 Å². The third kappa shape index (κ3) is 11.0. The molecule has 184 valence electrons. The first-order valence-corrected chi connectivity index (χ1v) is 10.3. The summed E-state index contributed by atoms with van der Waals surface area (Å²) < 4.78 is 64.1. The normalized spacial score (nSPS) is 11.6. The Morgan fingerprint density at radius 1 is 1.00 bits per heavy atom. The molecule has 2 aromatic carbocycles. The van der Waals surface area contributed by atoms with Crippen LogP contribution in [0.15, 0.2) is 42.5 Å². The van der Waals surface area contributed by atoms with Gasteiger partial charge in [0.1, 0.15) is 23.9 Å². The Morgan fingerprint density at radius 3 is 2.09 bits per heavy atom. The zero-order valence-corrected chi connectivity index (χ0v) is 19.5. The summed E-state index contributed by atoms with van der Waals surface area (Å²) in [4.78, 5) is 9.59. The van der Waals surface area contributed by atoms with Gasteiger partial charge >= 0.3 is 12.1 Å². The van der Waals surface area contributed by atoms with Crippen molar-refractivity contribution in [1.29, 1.82) is 0 Å². The van der Waals surface area contributed by atoms with Gasteiger partial charge in [0.25, 0.3) is 0 Å². The van der Waals surface area contributed by atoms with Crippen LogP contribution in [0.2, 0.25) is 0 Å². The molecule has 0 spiro atoms. The molecule has 9 heteroatoms. The van der Waals surface area contributed by atoms with Gasteiger partial charge in [-0.3, -0.25) is 4.79 Å². The molecule has 0 heterocycles. The summed E-state index contributed by atoms with van der Waals surface area (Å²) in [6.07, 6.45) is -4.00. The summed E-state index contributed by atoms with van der Waals surface area (Å²) in [6, 6.07) is 10.2. The molecule has 0 radical (unpaired) electrons. The Hall–Kier alpha value is -2.94. The number of esters is 1. The van der Waals surface area contributed by atoms with E-state index in [-0.39, 0.29) is 12.1 Å². The van der Waals surface area contributed by atoms with Gasteiger partial charge in [0.05, 0.1) is 32.5 Å². The lowest BCUT2D eigenvalue weighted by atomic mass is 10.2. The van der Waals surface area contributed by atoms with E-state index in [1.807, 2.05) is 32.0 Å². The van der Waals surface area contributed by atoms with Crippen molar-refractivity contribution >= 4 is 5.97 Å². The van der Waals surface area contributed by atoms with Crippen LogP contribution in [-0.4, -0.2) is 46.1 Å². The van der Waals surface area contributed by atoms with Crippen molar-refractivity contribution < 1.29 is 41.7 Å². The summed E-state index contributed by atoms with van der Waals surface area (Å²) in [7, 11) is 2.97. The van der Waals surface area contributed by atoms with Crippen molar-refractivity contribution in [2.75, 3.05) is 34.0 Å². The van der Waals surface area contributed by atoms with Crippen molar-refractivity contribution in [3.8, 4) is 17.2 Å². The minimum absolute atomic E-state index is 0.193. The monoisotopic (exact) mass is 472 g/mol. The van der Waals surface area contributed by atoms with Gasteiger partial charge in [-0.2, -0.15) is 13.2 Å². The zero-order valence-electron chi connectivity index (χ0n) is 19.5. The van der Waals surface area contributed by atoms with E-state index in [9.17, 15) is 18.0 Å². The summed E-state index contributed by atoms with van der Waals surface area (Å²) in [6.45, 7) is 6.36. The Balaban J connectivity index is 0.000000981. The smallest absolute Gasteiger partial charge is 0.416 e. The minimum Gasteiger partial charge on any atom is -0.496 e. The molecule has 0 aromatic heterocycles. The van der Waals surface area contributed by atoms with Crippen molar-refractivity contribution in [2.24, 2.45) is 0 Å². The number of alkyl halides is 3. The lowest BCUT2D eigenvalue weighted by Gasteiger charge is -2.18. The highest BCUT2D eigenvalue weighted by molar-refractivity contribution is 5.65. The predicted octanol–water partition coefficient (Wildman–Crippen LogP) is 5.45. The van der Waals surface area contributed by atoms with Crippen LogP contribution in [0.3, 0.4) is 0 Å². The lowest BCUT2D eigenvalue weighted by molar-refractivity contribution is -0.138. The molecule has 0 amide bonds. The summed E-state index contributed by atoms with van der Waals surface area (Å²) in [5.41, 5.74) is 0.272. The molecular weight excluding hydrogens is 441 g/mol. The van der Waals surface area contributed by atoms with E-state index in [0.29, 0.717) is 37.7 Å². The van der Waals surface area contributed by atoms with E-state index in [4.69, 9.17) is 18.9 Å². The second-order valence-electron chi connectivity index (χ2n) is 6.87. The molecule has 1 unspecified atom stereocenters. The molecular formula is C24H31F3O6. The maximum absolute atomic E-state index is 12.6. The third-order valence-electron chi connectivity index (χ3n) is 4.38. The van der Waals surface area contributed by atoms with Crippen LogP contribution in [0.25, 0.3) is 0 Å². The first-order chi connectivity index (χ1) is 15.6. The number of aryl methyl sites for hydroxylation is 1. The topological polar surface area (TPSA) is 63.2 Å². The molecule has 2 aromatic rings. The van der Waals surface area contributed by atoms with Gasteiger partial charge in [0.15, 0.2) is 0 Å². The van der Waals surface area contributed by atoms with Crippen LogP contribution in [0.5, 0.6) is 17.2 Å². The average molecular weight is 473 g/mol. The fraction of sp³-hybridized carbons (Fsp3) is 0.458. The van der Waals surface area contributed by atoms with Crippen LogP contribution in [0, 0.1) is 6.92 Å². The highest BCUT2D eigenvalue weighted by Gasteiger charge is 2.30. The largest absolute Gasteiger partial charge is 0.496 e. The van der Waals surface area contributed by atoms with Gasteiger partial charge in [0, 0.05) is 20.0 Å². The number of carbonyl (C=O) groups is 1. The molecule has 0 aliphatic rings. The van der Waals surface area contributed by atoms with Gasteiger partial charge in [0.2, 0.25) is 0 Å². The highest BCUT2D eigenvalue weighted by atomic mass is 19.4. The maximum Gasteiger partial charge on any atom is 0.416 e. The van der Waals surface area contributed by atoms with Crippen molar-refractivity contribution in [3.63, 3.8) is 0 Å². The Bertz CT molecular complexity index is 837.